The summed E-state index contributed by atoms with van der Waals surface area (Å²) in [6.07, 6.45) is 9.40. The summed E-state index contributed by atoms with van der Waals surface area (Å²) in [5, 5.41) is 2.49. The fourth-order valence-corrected chi connectivity index (χ4v) is 9.01. The summed E-state index contributed by atoms with van der Waals surface area (Å²) in [5.41, 5.74) is 16.7. The molecule has 3 aliphatic rings. The molecule has 0 radical (unpaired) electrons. The fourth-order valence-electron chi connectivity index (χ4n) is 8.69. The molecule has 2 nitrogen and oxygen atoms in total. The van der Waals surface area contributed by atoms with Gasteiger partial charge in [0.15, 0.2) is 0 Å². The van der Waals surface area contributed by atoms with Gasteiger partial charge in [-0.05, 0) is 118 Å². The molecule has 1 aromatic heterocycles. The smallest absolute Gasteiger partial charge is 0.0689 e. The molecule has 3 aliphatic carbocycles. The molecule has 50 heavy (non-hydrogen) atoms. The van der Waals surface area contributed by atoms with Crippen LogP contribution in [0.3, 0.4) is 0 Å². The van der Waals surface area contributed by atoms with Gasteiger partial charge in [0.1, 0.15) is 0 Å². The largest absolute Gasteiger partial charge is 0.355 e. The Hall–Kier alpha value is -5.25. The molecule has 0 saturated heterocycles. The van der Waals surface area contributed by atoms with E-state index in [1.165, 1.54) is 73.8 Å². The molecule has 7 aromatic rings. The highest BCUT2D eigenvalue weighted by Crippen LogP contribution is 2.64. The Kier molecular flexibility index (Phi) is 7.74. The second kappa shape index (κ2) is 12.6. The number of para-hydroxylation sites is 2. The van der Waals surface area contributed by atoms with Crippen molar-refractivity contribution in [2.75, 3.05) is 10.7 Å². The van der Waals surface area contributed by atoms with Crippen LogP contribution in [0, 0.1) is 0 Å². The number of nitrogens with zero attached hydrogens (tertiary/aromatic N) is 1. The molecule has 244 valence electrons. The molecule has 0 fully saturated rings. The fraction of sp³-hybridized carbons (Fsp3) is 0.149. The van der Waals surface area contributed by atoms with E-state index in [4.69, 9.17) is 0 Å². The maximum atomic E-state index is 4.00. The Balaban J connectivity index is 0.000000632. The van der Waals surface area contributed by atoms with Gasteiger partial charge in [0, 0.05) is 38.9 Å². The lowest BCUT2D eigenvalue weighted by Crippen LogP contribution is -2.28. The van der Waals surface area contributed by atoms with Gasteiger partial charge < -0.3 is 9.88 Å². The number of hydrogen-bond donors (Lipinski definition) is 2. The van der Waals surface area contributed by atoms with Gasteiger partial charge in [0.25, 0.3) is 0 Å². The molecular formula is C47H40N2S. The lowest BCUT2D eigenvalue weighted by molar-refractivity contribution is 0.714. The number of nitrogens with one attached hydrogen (secondary N) is 1. The number of unbranched alkanes of at least 4 members (excludes halogenated alkanes) is 1. The summed E-state index contributed by atoms with van der Waals surface area (Å²) in [6.45, 7) is 2.16. The van der Waals surface area contributed by atoms with Crippen molar-refractivity contribution in [3.8, 4) is 11.1 Å². The van der Waals surface area contributed by atoms with E-state index >= 15 is 0 Å². The highest BCUT2D eigenvalue weighted by Gasteiger charge is 2.52. The van der Waals surface area contributed by atoms with Gasteiger partial charge in [-0.1, -0.05) is 116 Å². The number of H-pyrrole nitrogens is 1. The van der Waals surface area contributed by atoms with Crippen molar-refractivity contribution in [2.24, 2.45) is 0 Å². The average molecular weight is 665 g/mol. The first-order valence-electron chi connectivity index (χ1n) is 17.9. The highest BCUT2D eigenvalue weighted by molar-refractivity contribution is 7.80. The standard InChI is InChI=1S/C43H30N2.C4H10S/c1-2-12-28(13-3-1)45(29-23-25-42-36(26-29)35-17-7-11-21-41(35)44-42)30-22-24-34-33-16-6-10-20-39(33)43(40(34)27-30)37-18-8-4-14-31(37)32-15-5-9-19-38(32)43;1-2-3-4-5/h1-9,11-19,21-27,44H,10,20H2;5H,2-4H2,1H3. The second-order valence-electron chi connectivity index (χ2n) is 13.6. The van der Waals surface area contributed by atoms with Crippen LogP contribution < -0.4 is 4.90 Å². The van der Waals surface area contributed by atoms with Gasteiger partial charge in [-0.2, -0.15) is 12.6 Å². The number of aromatic amines is 1. The maximum absolute atomic E-state index is 4.00. The van der Waals surface area contributed by atoms with Crippen molar-refractivity contribution >= 4 is 57.1 Å². The molecule has 0 bridgehead atoms. The quantitative estimate of drug-likeness (QED) is 0.175. The van der Waals surface area contributed by atoms with Gasteiger partial charge in [0.2, 0.25) is 0 Å². The molecule has 0 unspecified atom stereocenters. The van der Waals surface area contributed by atoms with Crippen LogP contribution in [0.5, 0.6) is 0 Å². The van der Waals surface area contributed by atoms with Crippen LogP contribution in [-0.4, -0.2) is 10.7 Å². The summed E-state index contributed by atoms with van der Waals surface area (Å²) in [6, 6.07) is 51.6. The normalized spacial score (nSPS) is 14.7. The minimum Gasteiger partial charge on any atom is -0.355 e. The average Bonchev–Trinajstić information content (AvgIpc) is 3.80. The molecule has 1 heterocycles. The lowest BCUT2D eigenvalue weighted by atomic mass is 9.68. The van der Waals surface area contributed by atoms with Crippen LogP contribution in [0.1, 0.15) is 54.9 Å². The van der Waals surface area contributed by atoms with Crippen molar-refractivity contribution in [1.29, 1.82) is 0 Å². The van der Waals surface area contributed by atoms with E-state index in [2.05, 4.69) is 181 Å². The third-order valence-electron chi connectivity index (χ3n) is 10.8. The summed E-state index contributed by atoms with van der Waals surface area (Å²) < 4.78 is 0. The Morgan fingerprint density at radius 1 is 0.620 bits per heavy atom. The molecule has 6 aromatic carbocycles. The van der Waals surface area contributed by atoms with Crippen molar-refractivity contribution in [3.63, 3.8) is 0 Å². The first kappa shape index (κ1) is 30.8. The third-order valence-corrected chi connectivity index (χ3v) is 11.1. The zero-order valence-electron chi connectivity index (χ0n) is 28.4. The van der Waals surface area contributed by atoms with Crippen LogP contribution in [0.15, 0.2) is 157 Å². The number of allylic oxidation sites excluding steroid dienone is 4. The van der Waals surface area contributed by atoms with Crippen molar-refractivity contribution in [3.05, 3.63) is 180 Å². The molecule has 1 spiro atoms. The Labute approximate surface area is 300 Å². The first-order chi connectivity index (χ1) is 24.7. The number of anilines is 3. The van der Waals surface area contributed by atoms with Crippen LogP contribution in [0.25, 0.3) is 38.5 Å². The van der Waals surface area contributed by atoms with Crippen LogP contribution in [0.4, 0.5) is 17.1 Å². The van der Waals surface area contributed by atoms with Crippen LogP contribution in [0.2, 0.25) is 0 Å². The van der Waals surface area contributed by atoms with E-state index in [1.54, 1.807) is 5.57 Å². The minimum absolute atomic E-state index is 0.290. The topological polar surface area (TPSA) is 19.0 Å². The van der Waals surface area contributed by atoms with Gasteiger partial charge in [-0.15, -0.1) is 0 Å². The zero-order valence-corrected chi connectivity index (χ0v) is 29.3. The number of rotatable bonds is 5. The number of hydrogen-bond acceptors (Lipinski definition) is 2. The summed E-state index contributed by atoms with van der Waals surface area (Å²) in [7, 11) is 0. The first-order valence-corrected chi connectivity index (χ1v) is 18.6. The van der Waals surface area contributed by atoms with E-state index < -0.39 is 0 Å². The predicted octanol–water partition coefficient (Wildman–Crippen LogP) is 12.9. The van der Waals surface area contributed by atoms with Gasteiger partial charge in [0.05, 0.1) is 5.41 Å². The van der Waals surface area contributed by atoms with E-state index in [1.807, 2.05) is 0 Å². The number of aromatic nitrogens is 1. The van der Waals surface area contributed by atoms with Gasteiger partial charge in [-0.25, -0.2) is 0 Å². The minimum atomic E-state index is -0.290. The SMILES string of the molecule is C1=CC2=C(CC1)C1(c3cc(N(c4ccccc4)c4ccc5[nH]c6ccccc6c5c4)ccc32)c2ccccc2-c2ccccc21.CCCCS. The lowest BCUT2D eigenvalue weighted by Gasteiger charge is -2.34. The van der Waals surface area contributed by atoms with E-state index in [-0.39, 0.29) is 5.41 Å². The second-order valence-corrected chi connectivity index (χ2v) is 14.0. The highest BCUT2D eigenvalue weighted by atomic mass is 32.1. The van der Waals surface area contributed by atoms with Crippen LogP contribution in [-0.2, 0) is 5.41 Å². The number of thiol groups is 1. The summed E-state index contributed by atoms with van der Waals surface area (Å²) in [4.78, 5) is 6.03. The van der Waals surface area contributed by atoms with E-state index in [0.717, 1.165) is 35.5 Å². The molecule has 0 atom stereocenters. The van der Waals surface area contributed by atoms with E-state index in [9.17, 15) is 0 Å². The molecular weight excluding hydrogens is 625 g/mol. The predicted molar refractivity (Wildman–Crippen MR) is 216 cm³/mol. The molecule has 3 heteroatoms. The Bertz CT molecular complexity index is 2400. The van der Waals surface area contributed by atoms with Crippen molar-refractivity contribution < 1.29 is 0 Å². The summed E-state index contributed by atoms with van der Waals surface area (Å²) >= 11 is 4.00. The molecule has 0 amide bonds. The Morgan fingerprint density at radius 2 is 1.28 bits per heavy atom. The number of benzene rings is 6. The van der Waals surface area contributed by atoms with E-state index in [0.29, 0.717) is 0 Å². The van der Waals surface area contributed by atoms with Gasteiger partial charge >= 0.3 is 0 Å². The maximum Gasteiger partial charge on any atom is 0.0689 e. The van der Waals surface area contributed by atoms with Crippen molar-refractivity contribution in [1.82, 2.24) is 4.98 Å². The summed E-state index contributed by atoms with van der Waals surface area (Å²) in [5.74, 6) is 1.04. The molecule has 0 saturated carbocycles. The molecule has 1 N–H and O–H groups in total. The van der Waals surface area contributed by atoms with Crippen LogP contribution >= 0.6 is 12.6 Å². The molecule has 0 aliphatic heterocycles. The number of fused-ring (bicyclic) bond motifs is 12. The monoisotopic (exact) mass is 664 g/mol. The Morgan fingerprint density at radius 3 is 2.02 bits per heavy atom. The van der Waals surface area contributed by atoms with Gasteiger partial charge in [-0.3, -0.25) is 0 Å². The third kappa shape index (κ3) is 4.64. The van der Waals surface area contributed by atoms with Crippen molar-refractivity contribution in [2.45, 2.75) is 38.0 Å². The molecule has 10 rings (SSSR count). The zero-order chi connectivity index (χ0) is 33.7.